The maximum Gasteiger partial charge on any atom is 0.378 e. The monoisotopic (exact) mass is 417 g/mol. The third-order valence-electron chi connectivity index (χ3n) is 3.66. The fraction of sp³-hybridized carbons (Fsp3) is 0.278. The van der Waals surface area contributed by atoms with Gasteiger partial charge in [-0.3, -0.25) is 0 Å². The summed E-state index contributed by atoms with van der Waals surface area (Å²) in [6.07, 6.45) is 1.25. The molecule has 11 heteroatoms. The van der Waals surface area contributed by atoms with E-state index in [0.29, 0.717) is 28.6 Å². The number of carbonyl (C=O) groups is 2. The lowest BCUT2D eigenvalue weighted by Gasteiger charge is -2.15. The molecule has 152 valence electrons. The van der Waals surface area contributed by atoms with Gasteiger partial charge in [-0.15, -0.1) is 5.11 Å². The van der Waals surface area contributed by atoms with Crippen molar-refractivity contribution in [1.82, 2.24) is 10.6 Å². The number of benzene rings is 1. The first-order chi connectivity index (χ1) is 14.0. The standard InChI is InChI=1S/C18H19N5O5S/c1-4-26-13-8-6-12(7-9-13)23-14(16(24)28-22-23)10-19-21-18-20-11(3)15(29-18)17(25)27-5-2/h6-10,22H,4-5H2,1-3H3. The number of aromatic nitrogens is 1. The molecule has 1 N–H and O–H groups in total. The van der Waals surface area contributed by atoms with Gasteiger partial charge in [0.25, 0.3) is 0 Å². The molecule has 2 heterocycles. The summed E-state index contributed by atoms with van der Waals surface area (Å²) in [7, 11) is 0. The molecule has 0 aliphatic carbocycles. The van der Waals surface area contributed by atoms with Gasteiger partial charge in [-0.1, -0.05) is 16.9 Å². The van der Waals surface area contributed by atoms with E-state index in [1.54, 1.807) is 38.1 Å². The maximum absolute atomic E-state index is 12.0. The lowest BCUT2D eigenvalue weighted by molar-refractivity contribution is -0.140. The third-order valence-corrected chi connectivity index (χ3v) is 4.68. The number of esters is 1. The van der Waals surface area contributed by atoms with Crippen molar-refractivity contribution >= 4 is 34.1 Å². The van der Waals surface area contributed by atoms with Gasteiger partial charge in [0.15, 0.2) is 5.70 Å². The van der Waals surface area contributed by atoms with Gasteiger partial charge in [-0.25, -0.2) is 19.6 Å². The summed E-state index contributed by atoms with van der Waals surface area (Å²) in [5.41, 5.74) is 3.81. The van der Waals surface area contributed by atoms with E-state index in [0.717, 1.165) is 11.3 Å². The van der Waals surface area contributed by atoms with E-state index in [9.17, 15) is 9.59 Å². The van der Waals surface area contributed by atoms with Crippen LogP contribution < -0.4 is 15.3 Å². The summed E-state index contributed by atoms with van der Waals surface area (Å²) in [5.74, 6) is -0.350. The second-order valence-electron chi connectivity index (χ2n) is 5.60. The molecule has 10 nitrogen and oxygen atoms in total. The molecule has 0 bridgehead atoms. The molecule has 0 unspecified atom stereocenters. The molecule has 2 aromatic rings. The van der Waals surface area contributed by atoms with Gasteiger partial charge in [-0.2, -0.15) is 5.11 Å². The molecule has 0 spiro atoms. The van der Waals surface area contributed by atoms with E-state index in [4.69, 9.17) is 14.3 Å². The van der Waals surface area contributed by atoms with E-state index in [-0.39, 0.29) is 17.4 Å². The van der Waals surface area contributed by atoms with Gasteiger partial charge < -0.3 is 14.3 Å². The summed E-state index contributed by atoms with van der Waals surface area (Å²) in [4.78, 5) is 33.2. The molecule has 3 rings (SSSR count). The second kappa shape index (κ2) is 9.26. The van der Waals surface area contributed by atoms with Gasteiger partial charge in [-0.05, 0) is 45.0 Å². The van der Waals surface area contributed by atoms with Crippen LogP contribution in [0.2, 0.25) is 0 Å². The number of nitrogens with zero attached hydrogens (tertiary/aromatic N) is 4. The number of hydrogen-bond acceptors (Lipinski definition) is 11. The van der Waals surface area contributed by atoms with Gasteiger partial charge in [0.1, 0.15) is 10.6 Å². The van der Waals surface area contributed by atoms with Crippen LogP contribution in [0.25, 0.3) is 0 Å². The van der Waals surface area contributed by atoms with Crippen LogP contribution in [0.4, 0.5) is 10.8 Å². The van der Waals surface area contributed by atoms with Crippen molar-refractivity contribution in [2.45, 2.75) is 20.8 Å². The number of nitrogens with one attached hydrogen (secondary N) is 1. The number of ether oxygens (including phenoxy) is 2. The highest BCUT2D eigenvalue weighted by Gasteiger charge is 2.29. The molecule has 0 atom stereocenters. The molecule has 1 aromatic carbocycles. The van der Waals surface area contributed by atoms with Crippen molar-refractivity contribution in [3.63, 3.8) is 0 Å². The highest BCUT2D eigenvalue weighted by Crippen LogP contribution is 2.27. The Hall–Kier alpha value is -3.31. The molecule has 1 aliphatic heterocycles. The Morgan fingerprint density at radius 3 is 2.76 bits per heavy atom. The minimum Gasteiger partial charge on any atom is -0.494 e. The van der Waals surface area contributed by atoms with E-state index in [2.05, 4.69) is 20.8 Å². The van der Waals surface area contributed by atoms with Crippen LogP contribution in [0.15, 0.2) is 46.4 Å². The Morgan fingerprint density at radius 2 is 2.07 bits per heavy atom. The van der Waals surface area contributed by atoms with E-state index in [1.807, 2.05) is 6.92 Å². The van der Waals surface area contributed by atoms with Crippen molar-refractivity contribution in [3.05, 3.63) is 46.7 Å². The molecule has 0 amide bonds. The summed E-state index contributed by atoms with van der Waals surface area (Å²) < 4.78 is 10.4. The Balaban J connectivity index is 1.76. The summed E-state index contributed by atoms with van der Waals surface area (Å²) in [5, 5.41) is 9.57. The Labute approximate surface area is 170 Å². The van der Waals surface area contributed by atoms with E-state index in [1.165, 1.54) is 11.2 Å². The van der Waals surface area contributed by atoms with Crippen molar-refractivity contribution in [2.75, 3.05) is 18.2 Å². The molecule has 0 radical (unpaired) electrons. The molecular formula is C18H19N5O5S. The molecule has 0 saturated carbocycles. The average Bonchev–Trinajstić information content (AvgIpc) is 3.26. The number of thiazole rings is 1. The first-order valence-electron chi connectivity index (χ1n) is 8.78. The van der Waals surface area contributed by atoms with Crippen LogP contribution >= 0.6 is 11.3 Å². The number of carbonyl (C=O) groups excluding carboxylic acids is 2. The number of anilines is 1. The Kier molecular flexibility index (Phi) is 6.52. The molecule has 1 aromatic heterocycles. The van der Waals surface area contributed by atoms with Crippen LogP contribution in [0.1, 0.15) is 29.2 Å². The number of hydrogen-bond donors (Lipinski definition) is 1. The van der Waals surface area contributed by atoms with Gasteiger partial charge in [0, 0.05) is 0 Å². The SMILES string of the molecule is CCOC(=O)c1sc(N=NC=C2C(=O)ONN2c2ccc(OCC)cc2)nc1C. The average molecular weight is 417 g/mol. The van der Waals surface area contributed by atoms with Crippen molar-refractivity contribution < 1.29 is 23.9 Å². The fourth-order valence-corrected chi connectivity index (χ4v) is 3.17. The minimum atomic E-state index is -0.611. The molecule has 1 saturated heterocycles. The molecule has 29 heavy (non-hydrogen) atoms. The summed E-state index contributed by atoms with van der Waals surface area (Å²) >= 11 is 1.06. The van der Waals surface area contributed by atoms with Crippen LogP contribution in [0.5, 0.6) is 5.75 Å². The maximum atomic E-state index is 12.0. The minimum absolute atomic E-state index is 0.136. The number of azo groups is 1. The second-order valence-corrected chi connectivity index (χ2v) is 6.58. The Bertz CT molecular complexity index is 954. The van der Waals surface area contributed by atoms with Crippen LogP contribution in [0.3, 0.4) is 0 Å². The highest BCUT2D eigenvalue weighted by molar-refractivity contribution is 7.17. The summed E-state index contributed by atoms with van der Waals surface area (Å²) in [6, 6.07) is 7.08. The quantitative estimate of drug-likeness (QED) is 0.414. The number of aryl methyl sites for hydroxylation is 1. The smallest absolute Gasteiger partial charge is 0.378 e. The van der Waals surface area contributed by atoms with E-state index < -0.39 is 11.9 Å². The molecule has 1 aliphatic rings. The van der Waals surface area contributed by atoms with Crippen molar-refractivity contribution in [2.24, 2.45) is 10.2 Å². The van der Waals surface area contributed by atoms with Crippen molar-refractivity contribution in [1.29, 1.82) is 0 Å². The van der Waals surface area contributed by atoms with Crippen LogP contribution in [-0.2, 0) is 14.4 Å². The van der Waals surface area contributed by atoms with E-state index >= 15 is 0 Å². The predicted molar refractivity (Wildman–Crippen MR) is 105 cm³/mol. The fourth-order valence-electron chi connectivity index (χ4n) is 2.38. The van der Waals surface area contributed by atoms with Crippen LogP contribution in [0, 0.1) is 6.92 Å². The van der Waals surface area contributed by atoms with Gasteiger partial charge >= 0.3 is 11.9 Å². The van der Waals surface area contributed by atoms with Crippen LogP contribution in [-0.4, -0.2) is 30.1 Å². The summed E-state index contributed by atoms with van der Waals surface area (Å²) in [6.45, 7) is 6.14. The van der Waals surface area contributed by atoms with Crippen molar-refractivity contribution in [3.8, 4) is 5.75 Å². The molecule has 1 fully saturated rings. The third kappa shape index (κ3) is 4.76. The highest BCUT2D eigenvalue weighted by atomic mass is 32.1. The van der Waals surface area contributed by atoms with Gasteiger partial charge in [0.05, 0.1) is 30.8 Å². The first kappa shape index (κ1) is 20.4. The number of hydrazine groups is 1. The topological polar surface area (TPSA) is 115 Å². The zero-order chi connectivity index (χ0) is 20.8. The Morgan fingerprint density at radius 1 is 1.31 bits per heavy atom. The first-order valence-corrected chi connectivity index (χ1v) is 9.60. The normalized spacial score (nSPS) is 15.2. The molecular weight excluding hydrogens is 398 g/mol. The largest absolute Gasteiger partial charge is 0.494 e. The zero-order valence-corrected chi connectivity index (χ0v) is 16.9. The zero-order valence-electron chi connectivity index (χ0n) is 16.0. The lowest BCUT2D eigenvalue weighted by Crippen LogP contribution is -2.28. The number of rotatable bonds is 7. The lowest BCUT2D eigenvalue weighted by atomic mass is 10.3. The predicted octanol–water partition coefficient (Wildman–Crippen LogP) is 3.44. The van der Waals surface area contributed by atoms with Gasteiger partial charge in [0.2, 0.25) is 5.13 Å².